The normalized spacial score (nSPS) is 23.4. The molecule has 1 heterocycles. The molecule has 1 N–H and O–H groups in total. The molecule has 1 unspecified atom stereocenters. The fourth-order valence-corrected chi connectivity index (χ4v) is 1.90. The summed E-state index contributed by atoms with van der Waals surface area (Å²) in [5, 5.41) is 3.35. The summed E-state index contributed by atoms with van der Waals surface area (Å²) in [6, 6.07) is 0. The molecule has 1 aliphatic rings. The lowest BCUT2D eigenvalue weighted by atomic mass is 10.4. The van der Waals surface area contributed by atoms with Crippen molar-refractivity contribution < 1.29 is 4.21 Å². The minimum atomic E-state index is -0.635. The Morgan fingerprint density at radius 3 is 3.00 bits per heavy atom. The van der Waals surface area contributed by atoms with Crippen molar-refractivity contribution in [3.8, 4) is 0 Å². The molecule has 1 rings (SSSR count). The van der Waals surface area contributed by atoms with Gasteiger partial charge in [-0.15, -0.1) is 0 Å². The van der Waals surface area contributed by atoms with Gasteiger partial charge in [-0.2, -0.15) is 0 Å². The molecule has 3 nitrogen and oxygen atoms in total. The van der Waals surface area contributed by atoms with Crippen molar-refractivity contribution in [2.45, 2.75) is 6.42 Å². The van der Waals surface area contributed by atoms with Gasteiger partial charge in [-0.25, -0.2) is 0 Å². The van der Waals surface area contributed by atoms with E-state index in [1.807, 2.05) is 0 Å². The Hall–Kier alpha value is 0.0700. The van der Waals surface area contributed by atoms with Gasteiger partial charge in [-0.3, -0.25) is 4.21 Å². The lowest BCUT2D eigenvalue weighted by Gasteiger charge is -2.18. The topological polar surface area (TPSA) is 32.3 Å². The fourth-order valence-electron chi connectivity index (χ4n) is 1.38. The molecule has 0 aromatic heterocycles. The molecule has 1 fully saturated rings. The van der Waals surface area contributed by atoms with Crippen LogP contribution in [-0.4, -0.2) is 53.8 Å². The van der Waals surface area contributed by atoms with Gasteiger partial charge in [-0.1, -0.05) is 0 Å². The van der Waals surface area contributed by atoms with Gasteiger partial charge < -0.3 is 10.2 Å². The highest BCUT2D eigenvalue weighted by Gasteiger charge is 2.07. The van der Waals surface area contributed by atoms with E-state index in [1.165, 1.54) is 6.42 Å². The van der Waals surface area contributed by atoms with Crippen molar-refractivity contribution in [1.29, 1.82) is 0 Å². The average molecular weight is 190 g/mol. The number of rotatable bonds is 3. The van der Waals surface area contributed by atoms with Crippen LogP contribution in [0.25, 0.3) is 0 Å². The predicted molar refractivity (Wildman–Crippen MR) is 52.9 cm³/mol. The fraction of sp³-hybridized carbons (Fsp3) is 1.00. The van der Waals surface area contributed by atoms with Crippen LogP contribution < -0.4 is 5.32 Å². The van der Waals surface area contributed by atoms with Gasteiger partial charge in [-0.05, 0) is 19.5 Å². The van der Waals surface area contributed by atoms with E-state index < -0.39 is 10.8 Å². The maximum atomic E-state index is 10.8. The molecule has 1 atom stereocenters. The first kappa shape index (κ1) is 10.2. The standard InChI is InChI=1S/C8H18N2OS/c1-12(11)8-7-10-5-2-3-9-4-6-10/h9H,2-8H2,1H3. The van der Waals surface area contributed by atoms with Crippen molar-refractivity contribution >= 4 is 10.8 Å². The maximum Gasteiger partial charge on any atom is 0.0359 e. The van der Waals surface area contributed by atoms with Gasteiger partial charge in [0.2, 0.25) is 0 Å². The molecule has 0 aromatic rings. The zero-order chi connectivity index (χ0) is 8.81. The second-order valence-electron chi connectivity index (χ2n) is 3.22. The third-order valence-electron chi connectivity index (χ3n) is 2.13. The van der Waals surface area contributed by atoms with Crippen molar-refractivity contribution in [1.82, 2.24) is 10.2 Å². The molecule has 72 valence electrons. The molecule has 12 heavy (non-hydrogen) atoms. The second-order valence-corrected chi connectivity index (χ2v) is 4.78. The summed E-state index contributed by atoms with van der Waals surface area (Å²) in [5.74, 6) is 0.819. The Bertz CT molecular complexity index is 144. The van der Waals surface area contributed by atoms with Crippen LogP contribution in [0.2, 0.25) is 0 Å². The van der Waals surface area contributed by atoms with Gasteiger partial charge >= 0.3 is 0 Å². The highest BCUT2D eigenvalue weighted by atomic mass is 32.2. The van der Waals surface area contributed by atoms with Crippen LogP contribution in [0.3, 0.4) is 0 Å². The molecular formula is C8H18N2OS. The summed E-state index contributed by atoms with van der Waals surface area (Å²) in [7, 11) is -0.635. The van der Waals surface area contributed by atoms with Crippen LogP contribution in [0.15, 0.2) is 0 Å². The Balaban J connectivity index is 2.16. The summed E-state index contributed by atoms with van der Waals surface area (Å²) in [6.45, 7) is 5.47. The number of hydrogen-bond acceptors (Lipinski definition) is 3. The van der Waals surface area contributed by atoms with E-state index in [2.05, 4.69) is 10.2 Å². The highest BCUT2D eigenvalue weighted by Crippen LogP contribution is 1.94. The summed E-state index contributed by atoms with van der Waals surface area (Å²) in [6.07, 6.45) is 2.99. The zero-order valence-corrected chi connectivity index (χ0v) is 8.53. The van der Waals surface area contributed by atoms with Gasteiger partial charge in [0.15, 0.2) is 0 Å². The molecule has 0 spiro atoms. The lowest BCUT2D eigenvalue weighted by molar-refractivity contribution is 0.310. The van der Waals surface area contributed by atoms with Gasteiger partial charge in [0.25, 0.3) is 0 Å². The number of nitrogens with zero attached hydrogens (tertiary/aromatic N) is 1. The number of hydrogen-bond donors (Lipinski definition) is 1. The van der Waals surface area contributed by atoms with Crippen LogP contribution in [0.1, 0.15) is 6.42 Å². The molecule has 0 aliphatic carbocycles. The minimum Gasteiger partial charge on any atom is -0.315 e. The van der Waals surface area contributed by atoms with Crippen molar-refractivity contribution in [3.63, 3.8) is 0 Å². The summed E-state index contributed by atoms with van der Waals surface area (Å²) in [4.78, 5) is 2.39. The Morgan fingerprint density at radius 1 is 1.42 bits per heavy atom. The summed E-state index contributed by atoms with van der Waals surface area (Å²) in [5.41, 5.74) is 0. The molecule has 0 aromatic carbocycles. The summed E-state index contributed by atoms with van der Waals surface area (Å²) < 4.78 is 10.8. The monoisotopic (exact) mass is 190 g/mol. The zero-order valence-electron chi connectivity index (χ0n) is 7.71. The SMILES string of the molecule is CS(=O)CCN1CCCNCC1. The molecule has 0 saturated carbocycles. The summed E-state index contributed by atoms with van der Waals surface area (Å²) >= 11 is 0. The smallest absolute Gasteiger partial charge is 0.0359 e. The minimum absolute atomic E-state index is 0.635. The Labute approximate surface area is 77.0 Å². The van der Waals surface area contributed by atoms with E-state index in [9.17, 15) is 4.21 Å². The number of nitrogens with one attached hydrogen (secondary N) is 1. The molecule has 0 radical (unpaired) electrons. The van der Waals surface area contributed by atoms with E-state index in [4.69, 9.17) is 0 Å². The van der Waals surface area contributed by atoms with Crippen molar-refractivity contribution in [2.24, 2.45) is 0 Å². The van der Waals surface area contributed by atoms with Gasteiger partial charge in [0, 0.05) is 42.4 Å². The van der Waals surface area contributed by atoms with E-state index in [0.717, 1.165) is 38.5 Å². The van der Waals surface area contributed by atoms with Crippen molar-refractivity contribution in [3.05, 3.63) is 0 Å². The Kier molecular flexibility index (Phi) is 4.80. The van der Waals surface area contributed by atoms with Crippen LogP contribution in [0.4, 0.5) is 0 Å². The molecule has 0 amide bonds. The average Bonchev–Trinajstić information content (AvgIpc) is 2.28. The molecule has 1 saturated heterocycles. The first-order valence-electron chi connectivity index (χ1n) is 4.52. The first-order chi connectivity index (χ1) is 5.79. The third-order valence-corrected chi connectivity index (χ3v) is 2.89. The second kappa shape index (κ2) is 5.67. The molecular weight excluding hydrogens is 172 g/mol. The first-order valence-corrected chi connectivity index (χ1v) is 6.25. The molecule has 0 bridgehead atoms. The van der Waals surface area contributed by atoms with Gasteiger partial charge in [0.05, 0.1) is 0 Å². The van der Waals surface area contributed by atoms with Crippen LogP contribution in [-0.2, 0) is 10.8 Å². The maximum absolute atomic E-state index is 10.8. The van der Waals surface area contributed by atoms with Crippen LogP contribution >= 0.6 is 0 Å². The van der Waals surface area contributed by atoms with E-state index >= 15 is 0 Å². The van der Waals surface area contributed by atoms with E-state index in [-0.39, 0.29) is 0 Å². The third kappa shape index (κ3) is 4.18. The quantitative estimate of drug-likeness (QED) is 0.661. The highest BCUT2D eigenvalue weighted by molar-refractivity contribution is 7.84. The van der Waals surface area contributed by atoms with Crippen molar-refractivity contribution in [2.75, 3.05) is 44.7 Å². The molecule has 1 aliphatic heterocycles. The van der Waals surface area contributed by atoms with Crippen LogP contribution in [0.5, 0.6) is 0 Å². The van der Waals surface area contributed by atoms with E-state index in [0.29, 0.717) is 0 Å². The Morgan fingerprint density at radius 2 is 2.25 bits per heavy atom. The van der Waals surface area contributed by atoms with Crippen LogP contribution in [0, 0.1) is 0 Å². The largest absolute Gasteiger partial charge is 0.315 e. The van der Waals surface area contributed by atoms with Gasteiger partial charge in [0.1, 0.15) is 0 Å². The predicted octanol–water partition coefficient (Wildman–Crippen LogP) is -0.340. The molecule has 4 heteroatoms. The van der Waals surface area contributed by atoms with E-state index in [1.54, 1.807) is 6.26 Å². The lowest BCUT2D eigenvalue weighted by Crippen LogP contribution is -2.31.